The van der Waals surface area contributed by atoms with Gasteiger partial charge in [0.2, 0.25) is 11.0 Å². The van der Waals surface area contributed by atoms with E-state index in [9.17, 15) is 0 Å². The van der Waals surface area contributed by atoms with Gasteiger partial charge in [0.1, 0.15) is 11.9 Å². The van der Waals surface area contributed by atoms with Gasteiger partial charge >= 0.3 is 0 Å². The van der Waals surface area contributed by atoms with Crippen molar-refractivity contribution in [3.63, 3.8) is 0 Å². The molecule has 6 heteroatoms. The minimum atomic E-state index is 0.337. The van der Waals surface area contributed by atoms with Crippen molar-refractivity contribution >= 4 is 11.5 Å². The summed E-state index contributed by atoms with van der Waals surface area (Å²) in [5.41, 5.74) is 0. The van der Waals surface area contributed by atoms with E-state index in [1.165, 1.54) is 11.5 Å². The smallest absolute Gasteiger partial charge is 0.219 e. The summed E-state index contributed by atoms with van der Waals surface area (Å²) >= 11 is 1.27. The molecule has 0 aromatic carbocycles. The molecule has 70 valence electrons. The predicted octanol–water partition coefficient (Wildman–Crippen LogP) is 1.16. The number of aryl methyl sites for hydroxylation is 1. The normalized spacial score (nSPS) is 10.0. The quantitative estimate of drug-likeness (QED) is 0.737. The lowest BCUT2D eigenvalue weighted by atomic mass is 10.5. The summed E-state index contributed by atoms with van der Waals surface area (Å²) in [5, 5.41) is 9.45. The Hall–Kier alpha value is -1.74. The molecule has 0 aliphatic carbocycles. The van der Waals surface area contributed by atoms with E-state index in [-0.39, 0.29) is 0 Å². The van der Waals surface area contributed by atoms with Crippen molar-refractivity contribution in [3.05, 3.63) is 24.0 Å². The van der Waals surface area contributed by atoms with Crippen molar-refractivity contribution in [2.75, 3.05) is 0 Å². The van der Waals surface area contributed by atoms with Gasteiger partial charge in [0.15, 0.2) is 0 Å². The molecule has 0 radical (unpaired) electrons. The van der Waals surface area contributed by atoms with Gasteiger partial charge in [-0.25, -0.2) is 9.97 Å². The second-order valence-electron chi connectivity index (χ2n) is 2.58. The Morgan fingerprint density at radius 2 is 2.50 bits per heavy atom. The van der Waals surface area contributed by atoms with Crippen LogP contribution in [0.4, 0.5) is 0 Å². The van der Waals surface area contributed by atoms with Crippen molar-refractivity contribution in [3.8, 4) is 11.2 Å². The van der Waals surface area contributed by atoms with Crippen LogP contribution < -0.4 is 0 Å². The van der Waals surface area contributed by atoms with Crippen molar-refractivity contribution in [2.45, 2.75) is 13.3 Å². The standard InChI is InChI=1S/C8H7N5S/c1-2-6-11-8(14-12-6)13-4-3-10-7(13)5-9/h3-4H,2H2,1H3. The van der Waals surface area contributed by atoms with Gasteiger partial charge in [0, 0.05) is 30.3 Å². The van der Waals surface area contributed by atoms with E-state index < -0.39 is 0 Å². The SMILES string of the molecule is CCc1nsc(-n2ccnc2C#N)n1. The fourth-order valence-electron chi connectivity index (χ4n) is 1.03. The molecule has 0 fully saturated rings. The third-order valence-corrected chi connectivity index (χ3v) is 2.47. The average Bonchev–Trinajstić information content (AvgIpc) is 2.85. The highest BCUT2D eigenvalue weighted by Gasteiger charge is 2.08. The molecule has 0 bridgehead atoms. The number of hydrogen-bond donors (Lipinski definition) is 0. The van der Waals surface area contributed by atoms with Crippen LogP contribution in [-0.4, -0.2) is 18.9 Å². The van der Waals surface area contributed by atoms with E-state index in [0.717, 1.165) is 12.2 Å². The van der Waals surface area contributed by atoms with E-state index in [0.29, 0.717) is 11.0 Å². The van der Waals surface area contributed by atoms with E-state index in [1.54, 1.807) is 17.0 Å². The number of nitriles is 1. The van der Waals surface area contributed by atoms with E-state index in [2.05, 4.69) is 14.3 Å². The Balaban J connectivity index is 2.45. The first kappa shape index (κ1) is 8.84. The Kier molecular flexibility index (Phi) is 2.24. The maximum absolute atomic E-state index is 8.76. The van der Waals surface area contributed by atoms with Crippen LogP contribution in [0.2, 0.25) is 0 Å². The molecular formula is C8H7N5S. The maximum Gasteiger partial charge on any atom is 0.219 e. The van der Waals surface area contributed by atoms with Crippen LogP contribution in [0.5, 0.6) is 0 Å². The van der Waals surface area contributed by atoms with Gasteiger partial charge in [-0.15, -0.1) is 0 Å². The summed E-state index contributed by atoms with van der Waals surface area (Å²) < 4.78 is 5.77. The molecule has 0 saturated carbocycles. The first-order chi connectivity index (χ1) is 6.85. The van der Waals surface area contributed by atoms with Crippen LogP contribution >= 0.6 is 11.5 Å². The van der Waals surface area contributed by atoms with Gasteiger partial charge in [0.05, 0.1) is 0 Å². The molecule has 0 saturated heterocycles. The molecule has 2 aromatic heterocycles. The summed E-state index contributed by atoms with van der Waals surface area (Å²) in [6.45, 7) is 1.99. The van der Waals surface area contributed by atoms with Crippen molar-refractivity contribution in [1.82, 2.24) is 18.9 Å². The molecule has 14 heavy (non-hydrogen) atoms. The lowest BCUT2D eigenvalue weighted by Gasteiger charge is -1.93. The highest BCUT2D eigenvalue weighted by atomic mass is 32.1. The molecule has 5 nitrogen and oxygen atoms in total. The summed E-state index contributed by atoms with van der Waals surface area (Å²) in [7, 11) is 0. The minimum Gasteiger partial charge on any atom is -0.265 e. The first-order valence-electron chi connectivity index (χ1n) is 4.11. The van der Waals surface area contributed by atoms with Gasteiger partial charge in [0.25, 0.3) is 0 Å². The monoisotopic (exact) mass is 205 g/mol. The summed E-state index contributed by atoms with van der Waals surface area (Å²) in [6, 6.07) is 1.99. The molecule has 2 aromatic rings. The Morgan fingerprint density at radius 3 is 3.14 bits per heavy atom. The molecule has 0 spiro atoms. The number of rotatable bonds is 2. The molecule has 2 rings (SSSR count). The summed E-state index contributed by atoms with van der Waals surface area (Å²) in [5.74, 6) is 1.13. The third-order valence-electron chi connectivity index (χ3n) is 1.72. The van der Waals surface area contributed by atoms with Crippen LogP contribution in [0.25, 0.3) is 5.13 Å². The van der Waals surface area contributed by atoms with Crippen LogP contribution in [0.3, 0.4) is 0 Å². The van der Waals surface area contributed by atoms with E-state index >= 15 is 0 Å². The number of aromatic nitrogens is 4. The van der Waals surface area contributed by atoms with Gasteiger partial charge in [-0.2, -0.15) is 9.64 Å². The van der Waals surface area contributed by atoms with Crippen LogP contribution in [-0.2, 0) is 6.42 Å². The molecule has 0 aliphatic rings. The van der Waals surface area contributed by atoms with Gasteiger partial charge in [-0.3, -0.25) is 4.57 Å². The van der Waals surface area contributed by atoms with E-state index in [1.807, 2.05) is 13.0 Å². The lowest BCUT2D eigenvalue weighted by molar-refractivity contribution is 0.943. The third kappa shape index (κ3) is 1.38. The van der Waals surface area contributed by atoms with Crippen molar-refractivity contribution in [2.24, 2.45) is 0 Å². The second kappa shape index (κ2) is 3.55. The molecular weight excluding hydrogens is 198 g/mol. The van der Waals surface area contributed by atoms with Gasteiger partial charge < -0.3 is 0 Å². The number of imidazole rings is 1. The first-order valence-corrected chi connectivity index (χ1v) is 4.89. The maximum atomic E-state index is 8.76. The van der Waals surface area contributed by atoms with Crippen LogP contribution in [0.15, 0.2) is 12.4 Å². The Bertz CT molecular complexity index is 478. The predicted molar refractivity (Wildman–Crippen MR) is 51.1 cm³/mol. The molecule has 0 aliphatic heterocycles. The highest BCUT2D eigenvalue weighted by Crippen LogP contribution is 2.12. The summed E-state index contributed by atoms with van der Waals surface area (Å²) in [4.78, 5) is 8.15. The Labute approximate surface area is 84.8 Å². The van der Waals surface area contributed by atoms with Crippen molar-refractivity contribution < 1.29 is 0 Å². The molecule has 2 heterocycles. The topological polar surface area (TPSA) is 67.4 Å². The molecule has 0 unspecified atom stereocenters. The largest absolute Gasteiger partial charge is 0.265 e. The Morgan fingerprint density at radius 1 is 1.64 bits per heavy atom. The van der Waals surface area contributed by atoms with Crippen molar-refractivity contribution in [1.29, 1.82) is 5.26 Å². The fraction of sp³-hybridized carbons (Fsp3) is 0.250. The molecule has 0 N–H and O–H groups in total. The molecule has 0 amide bonds. The zero-order valence-electron chi connectivity index (χ0n) is 7.51. The minimum absolute atomic E-state index is 0.337. The average molecular weight is 205 g/mol. The zero-order chi connectivity index (χ0) is 9.97. The van der Waals surface area contributed by atoms with Gasteiger partial charge in [-0.1, -0.05) is 6.92 Å². The van der Waals surface area contributed by atoms with Gasteiger partial charge in [-0.05, 0) is 0 Å². The zero-order valence-corrected chi connectivity index (χ0v) is 8.32. The van der Waals surface area contributed by atoms with E-state index in [4.69, 9.17) is 5.26 Å². The summed E-state index contributed by atoms with van der Waals surface area (Å²) in [6.07, 6.45) is 4.08. The fourth-order valence-corrected chi connectivity index (χ4v) is 1.77. The lowest BCUT2D eigenvalue weighted by Crippen LogP contribution is -1.95. The molecule has 0 atom stereocenters. The highest BCUT2D eigenvalue weighted by molar-refractivity contribution is 7.08. The second-order valence-corrected chi connectivity index (χ2v) is 3.31. The van der Waals surface area contributed by atoms with Crippen LogP contribution in [0, 0.1) is 11.3 Å². The van der Waals surface area contributed by atoms with Crippen LogP contribution in [0.1, 0.15) is 18.6 Å². The number of hydrogen-bond acceptors (Lipinski definition) is 5. The number of nitrogens with zero attached hydrogens (tertiary/aromatic N) is 5.